The van der Waals surface area contributed by atoms with Crippen LogP contribution in [-0.4, -0.2) is 12.7 Å². The van der Waals surface area contributed by atoms with Crippen molar-refractivity contribution < 1.29 is 13.6 Å². The fraction of sp³-hybridized carbons (Fsp3) is 0.217. The minimum Gasteiger partial charge on any atom is -0.307 e. The zero-order valence-corrected chi connectivity index (χ0v) is 16.2. The van der Waals surface area contributed by atoms with Crippen molar-refractivity contribution in [2.45, 2.75) is 24.6 Å². The van der Waals surface area contributed by atoms with E-state index in [2.05, 4.69) is 0 Å². The van der Waals surface area contributed by atoms with Gasteiger partial charge in [-0.15, -0.1) is 0 Å². The van der Waals surface area contributed by atoms with E-state index in [0.29, 0.717) is 6.61 Å². The van der Waals surface area contributed by atoms with Crippen LogP contribution in [0.25, 0.3) is 0 Å². The molecule has 3 aromatic rings. The van der Waals surface area contributed by atoms with E-state index in [4.69, 9.17) is 9.05 Å². The normalized spacial score (nSPS) is 23.1. The van der Waals surface area contributed by atoms with Gasteiger partial charge in [-0.05, 0) is 30.0 Å². The topological polar surface area (TPSA) is 35.5 Å². The van der Waals surface area contributed by atoms with Crippen LogP contribution >= 0.6 is 7.60 Å². The molecular formula is C23H23O3P. The second-order valence-electron chi connectivity index (χ2n) is 6.84. The van der Waals surface area contributed by atoms with E-state index in [9.17, 15) is 4.57 Å². The summed E-state index contributed by atoms with van der Waals surface area (Å²) in [6, 6.07) is 29.7. The maximum Gasteiger partial charge on any atom is 0.350 e. The molecule has 1 aliphatic heterocycles. The first-order valence-electron chi connectivity index (χ1n) is 9.26. The molecule has 0 bridgehead atoms. The summed E-state index contributed by atoms with van der Waals surface area (Å²) in [5.74, 6) is 0. The van der Waals surface area contributed by atoms with Crippen LogP contribution in [0.3, 0.4) is 0 Å². The molecule has 4 heteroatoms. The summed E-state index contributed by atoms with van der Waals surface area (Å²) in [4.78, 5) is 0. The first kappa shape index (κ1) is 18.2. The molecule has 0 N–H and O–H groups in total. The van der Waals surface area contributed by atoms with Crippen LogP contribution in [-0.2, 0) is 18.8 Å². The largest absolute Gasteiger partial charge is 0.350 e. The van der Waals surface area contributed by atoms with Gasteiger partial charge in [0.2, 0.25) is 0 Å². The third-order valence-corrected chi connectivity index (χ3v) is 7.85. The first-order chi connectivity index (χ1) is 13.2. The Morgan fingerprint density at radius 1 is 0.778 bits per heavy atom. The van der Waals surface area contributed by atoms with Crippen molar-refractivity contribution in [3.63, 3.8) is 0 Å². The minimum absolute atomic E-state index is 0.125. The van der Waals surface area contributed by atoms with Crippen molar-refractivity contribution in [2.24, 2.45) is 0 Å². The van der Waals surface area contributed by atoms with Crippen LogP contribution in [0.1, 0.15) is 30.0 Å². The van der Waals surface area contributed by atoms with Crippen molar-refractivity contribution in [1.29, 1.82) is 0 Å². The van der Waals surface area contributed by atoms with E-state index in [-0.39, 0.29) is 6.10 Å². The van der Waals surface area contributed by atoms with Crippen LogP contribution in [0.15, 0.2) is 91.0 Å². The Bertz CT molecular complexity index is 829. The number of hydrogen-bond donors (Lipinski definition) is 0. The van der Waals surface area contributed by atoms with Gasteiger partial charge in [0.1, 0.15) is 5.16 Å². The summed E-state index contributed by atoms with van der Waals surface area (Å²) in [6.07, 6.45) is 0.610. The van der Waals surface area contributed by atoms with Gasteiger partial charge in [-0.25, -0.2) is 0 Å². The SMILES string of the molecule is C[C@@H]1CCO[P@@](=O)(C(c2ccccc2)(c2ccccc2)c2ccccc2)O1. The summed E-state index contributed by atoms with van der Waals surface area (Å²) in [6.45, 7) is 2.38. The van der Waals surface area contributed by atoms with E-state index in [1.54, 1.807) is 0 Å². The Labute approximate surface area is 160 Å². The average Bonchev–Trinajstić information content (AvgIpc) is 2.71. The van der Waals surface area contributed by atoms with Crippen LogP contribution < -0.4 is 0 Å². The summed E-state index contributed by atoms with van der Waals surface area (Å²) in [5, 5.41) is -1.02. The van der Waals surface area contributed by atoms with Gasteiger partial charge in [0, 0.05) is 0 Å². The summed E-state index contributed by atoms with van der Waals surface area (Å²) >= 11 is 0. The molecule has 0 aliphatic carbocycles. The second-order valence-corrected chi connectivity index (χ2v) is 8.98. The molecule has 2 atom stereocenters. The zero-order valence-electron chi connectivity index (χ0n) is 15.3. The van der Waals surface area contributed by atoms with Crippen molar-refractivity contribution in [1.82, 2.24) is 0 Å². The Morgan fingerprint density at radius 2 is 1.19 bits per heavy atom. The monoisotopic (exact) mass is 378 g/mol. The highest BCUT2D eigenvalue weighted by molar-refractivity contribution is 7.55. The predicted octanol–water partition coefficient (Wildman–Crippen LogP) is 6.00. The van der Waals surface area contributed by atoms with E-state index in [1.807, 2.05) is 97.9 Å². The lowest BCUT2D eigenvalue weighted by Gasteiger charge is -2.43. The molecule has 0 radical (unpaired) electrons. The molecular weight excluding hydrogens is 355 g/mol. The average molecular weight is 378 g/mol. The minimum atomic E-state index is -3.58. The molecule has 0 unspecified atom stereocenters. The van der Waals surface area contributed by atoms with Gasteiger partial charge >= 0.3 is 7.60 Å². The highest BCUT2D eigenvalue weighted by Gasteiger charge is 2.56. The zero-order chi connectivity index (χ0) is 18.7. The third kappa shape index (κ3) is 3.06. The molecule has 3 aromatic carbocycles. The molecule has 0 amide bonds. The van der Waals surface area contributed by atoms with Gasteiger partial charge in [-0.1, -0.05) is 91.0 Å². The van der Waals surface area contributed by atoms with Crippen molar-refractivity contribution in [2.75, 3.05) is 6.61 Å². The molecule has 1 aliphatic rings. The standard InChI is InChI=1S/C23H23O3P/c1-19-17-18-25-27(24,26-19)23(20-11-5-2-6-12-20,21-13-7-3-8-14-21)22-15-9-4-10-16-22/h2-16,19H,17-18H2,1H3/t19-,27+/m1/s1. The van der Waals surface area contributed by atoms with Gasteiger partial charge in [0.25, 0.3) is 0 Å². The van der Waals surface area contributed by atoms with E-state index in [1.165, 1.54) is 0 Å². The quantitative estimate of drug-likeness (QED) is 0.413. The van der Waals surface area contributed by atoms with Crippen molar-refractivity contribution in [3.05, 3.63) is 108 Å². The van der Waals surface area contributed by atoms with Gasteiger partial charge < -0.3 is 9.05 Å². The smallest absolute Gasteiger partial charge is 0.307 e. The maximum atomic E-state index is 14.4. The van der Waals surface area contributed by atoms with Crippen molar-refractivity contribution in [3.8, 4) is 0 Å². The van der Waals surface area contributed by atoms with E-state index < -0.39 is 12.8 Å². The van der Waals surface area contributed by atoms with E-state index in [0.717, 1.165) is 23.1 Å². The molecule has 27 heavy (non-hydrogen) atoms. The van der Waals surface area contributed by atoms with Gasteiger partial charge in [-0.2, -0.15) is 0 Å². The summed E-state index contributed by atoms with van der Waals surface area (Å²) in [7, 11) is -3.58. The molecule has 1 fully saturated rings. The molecule has 4 rings (SSSR count). The third-order valence-electron chi connectivity index (χ3n) is 5.09. The Hall–Kier alpha value is -2.19. The highest BCUT2D eigenvalue weighted by Crippen LogP contribution is 2.72. The van der Waals surface area contributed by atoms with E-state index >= 15 is 0 Å². The van der Waals surface area contributed by atoms with Gasteiger partial charge in [-0.3, -0.25) is 4.57 Å². The maximum absolute atomic E-state index is 14.4. The lowest BCUT2D eigenvalue weighted by atomic mass is 9.84. The summed E-state index contributed by atoms with van der Waals surface area (Å²) < 4.78 is 26.6. The predicted molar refractivity (Wildman–Crippen MR) is 108 cm³/mol. The van der Waals surface area contributed by atoms with Crippen molar-refractivity contribution >= 4 is 7.60 Å². The molecule has 0 saturated carbocycles. The number of hydrogen-bond acceptors (Lipinski definition) is 3. The van der Waals surface area contributed by atoms with Crippen LogP contribution in [0.2, 0.25) is 0 Å². The Kier molecular flexibility index (Phi) is 5.01. The highest BCUT2D eigenvalue weighted by atomic mass is 31.2. The first-order valence-corrected chi connectivity index (χ1v) is 10.8. The number of rotatable bonds is 4. The van der Waals surface area contributed by atoms with Crippen LogP contribution in [0.5, 0.6) is 0 Å². The lowest BCUT2D eigenvalue weighted by molar-refractivity contribution is 0.0844. The van der Waals surface area contributed by atoms with Gasteiger partial charge in [0.05, 0.1) is 12.7 Å². The molecule has 0 aromatic heterocycles. The van der Waals surface area contributed by atoms with Crippen LogP contribution in [0, 0.1) is 0 Å². The lowest BCUT2D eigenvalue weighted by Crippen LogP contribution is -2.35. The Balaban J connectivity index is 2.09. The van der Waals surface area contributed by atoms with Crippen LogP contribution in [0.4, 0.5) is 0 Å². The Morgan fingerprint density at radius 3 is 1.56 bits per heavy atom. The number of benzene rings is 3. The molecule has 138 valence electrons. The molecule has 1 saturated heterocycles. The molecule has 3 nitrogen and oxygen atoms in total. The van der Waals surface area contributed by atoms with Gasteiger partial charge in [0.15, 0.2) is 0 Å². The fourth-order valence-corrected chi connectivity index (χ4v) is 6.58. The molecule has 1 heterocycles. The second kappa shape index (κ2) is 7.44. The molecule has 0 spiro atoms. The fourth-order valence-electron chi connectivity index (χ4n) is 3.85. The summed E-state index contributed by atoms with van der Waals surface area (Å²) in [5.41, 5.74) is 2.71.